The second-order valence-electron chi connectivity index (χ2n) is 6.18. The molecule has 0 amide bonds. The maximum Gasteiger partial charge on any atom is 0.135 e. The van der Waals surface area contributed by atoms with Gasteiger partial charge in [0.2, 0.25) is 0 Å². The van der Waals surface area contributed by atoms with E-state index in [4.69, 9.17) is 4.98 Å². The number of hydrogen-bond donors (Lipinski definition) is 2. The molecule has 0 atom stereocenters. The number of nitrogens with zero attached hydrogens (tertiary/aromatic N) is 2. The number of aromatic nitrogens is 2. The van der Waals surface area contributed by atoms with Gasteiger partial charge in [-0.25, -0.2) is 9.97 Å². The van der Waals surface area contributed by atoms with Crippen molar-refractivity contribution in [2.75, 3.05) is 30.0 Å². The quantitative estimate of drug-likeness (QED) is 0.796. The van der Waals surface area contributed by atoms with Crippen LogP contribution in [0.25, 0.3) is 0 Å². The van der Waals surface area contributed by atoms with Crippen LogP contribution in [0, 0.1) is 6.92 Å². The van der Waals surface area contributed by atoms with Crippen LogP contribution in [-0.2, 0) is 0 Å². The fraction of sp³-hybridized carbons (Fsp3) is 0.750. The summed E-state index contributed by atoms with van der Waals surface area (Å²) in [4.78, 5) is 9.39. The van der Waals surface area contributed by atoms with Crippen molar-refractivity contribution in [3.8, 4) is 0 Å². The second-order valence-corrected chi connectivity index (χ2v) is 7.46. The molecule has 4 nitrogen and oxygen atoms in total. The van der Waals surface area contributed by atoms with E-state index in [-0.39, 0.29) is 0 Å². The molecule has 2 N–H and O–H groups in total. The zero-order valence-corrected chi connectivity index (χ0v) is 14.7. The molecule has 2 rings (SSSR count). The molecule has 1 aliphatic rings. The standard InChI is InChI=1S/C16H28N4S/c1-6-17-14-12(4)15(20-13(19-14)11(2)3)18-10-16(21-5)8-7-9-16/h11H,6-10H2,1-5H3,(H2,17,18,19,20). The van der Waals surface area contributed by atoms with Gasteiger partial charge in [-0.15, -0.1) is 0 Å². The Bertz CT molecular complexity index is 478. The van der Waals surface area contributed by atoms with Gasteiger partial charge in [-0.3, -0.25) is 0 Å². The van der Waals surface area contributed by atoms with E-state index in [9.17, 15) is 0 Å². The molecule has 0 saturated heterocycles. The average Bonchev–Trinajstić information content (AvgIpc) is 2.41. The Morgan fingerprint density at radius 3 is 2.24 bits per heavy atom. The number of thioether (sulfide) groups is 1. The van der Waals surface area contributed by atoms with Crippen LogP contribution in [0.4, 0.5) is 11.6 Å². The minimum absolute atomic E-state index is 0.335. The lowest BCUT2D eigenvalue weighted by atomic mass is 9.84. The first-order chi connectivity index (χ1) is 10.0. The minimum atomic E-state index is 0.335. The van der Waals surface area contributed by atoms with Crippen molar-refractivity contribution in [1.29, 1.82) is 0 Å². The SMILES string of the molecule is CCNc1nc(C(C)C)nc(NCC2(SC)CCC2)c1C. The van der Waals surface area contributed by atoms with Crippen LogP contribution in [-0.4, -0.2) is 34.1 Å². The fourth-order valence-electron chi connectivity index (χ4n) is 2.57. The van der Waals surface area contributed by atoms with E-state index in [1.165, 1.54) is 19.3 Å². The predicted octanol–water partition coefficient (Wildman–Crippen LogP) is 4.04. The van der Waals surface area contributed by atoms with Crippen molar-refractivity contribution >= 4 is 23.4 Å². The van der Waals surface area contributed by atoms with E-state index < -0.39 is 0 Å². The van der Waals surface area contributed by atoms with Crippen LogP contribution in [0.3, 0.4) is 0 Å². The highest BCUT2D eigenvalue weighted by Crippen LogP contribution is 2.42. The molecule has 0 radical (unpaired) electrons. The molecule has 1 fully saturated rings. The molecule has 118 valence electrons. The summed E-state index contributed by atoms with van der Waals surface area (Å²) >= 11 is 1.99. The summed E-state index contributed by atoms with van der Waals surface area (Å²) in [6.07, 6.45) is 6.19. The maximum absolute atomic E-state index is 4.74. The van der Waals surface area contributed by atoms with Crippen LogP contribution in [0.2, 0.25) is 0 Å². The molecule has 1 aromatic heterocycles. The van der Waals surface area contributed by atoms with Gasteiger partial charge >= 0.3 is 0 Å². The van der Waals surface area contributed by atoms with Crippen molar-refractivity contribution in [2.45, 2.75) is 57.6 Å². The highest BCUT2D eigenvalue weighted by molar-refractivity contribution is 8.00. The number of nitrogens with one attached hydrogen (secondary N) is 2. The van der Waals surface area contributed by atoms with E-state index in [1.807, 2.05) is 11.8 Å². The van der Waals surface area contributed by atoms with Gasteiger partial charge in [-0.1, -0.05) is 20.3 Å². The third kappa shape index (κ3) is 3.62. The molecular weight excluding hydrogens is 280 g/mol. The van der Waals surface area contributed by atoms with Crippen molar-refractivity contribution in [2.24, 2.45) is 0 Å². The van der Waals surface area contributed by atoms with E-state index in [0.717, 1.165) is 36.1 Å². The smallest absolute Gasteiger partial charge is 0.135 e. The van der Waals surface area contributed by atoms with Crippen LogP contribution < -0.4 is 10.6 Å². The maximum atomic E-state index is 4.74. The van der Waals surface area contributed by atoms with Crippen LogP contribution in [0.5, 0.6) is 0 Å². The van der Waals surface area contributed by atoms with Crippen LogP contribution >= 0.6 is 11.8 Å². The highest BCUT2D eigenvalue weighted by atomic mass is 32.2. The topological polar surface area (TPSA) is 49.8 Å². The van der Waals surface area contributed by atoms with E-state index >= 15 is 0 Å². The van der Waals surface area contributed by atoms with Gasteiger partial charge in [0.05, 0.1) is 0 Å². The zero-order valence-electron chi connectivity index (χ0n) is 13.9. The van der Waals surface area contributed by atoms with Gasteiger partial charge in [0.15, 0.2) is 0 Å². The summed E-state index contributed by atoms with van der Waals surface area (Å²) in [6, 6.07) is 0. The first-order valence-corrected chi connectivity index (χ1v) is 9.15. The summed E-state index contributed by atoms with van der Waals surface area (Å²) in [5, 5.41) is 6.94. The number of hydrogen-bond acceptors (Lipinski definition) is 5. The van der Waals surface area contributed by atoms with Crippen LogP contribution in [0.1, 0.15) is 57.3 Å². The van der Waals surface area contributed by atoms with Crippen molar-refractivity contribution < 1.29 is 0 Å². The molecule has 1 heterocycles. The molecule has 0 aliphatic heterocycles. The Morgan fingerprint density at radius 2 is 1.81 bits per heavy atom. The molecule has 0 unspecified atom stereocenters. The van der Waals surface area contributed by atoms with Crippen LogP contribution in [0.15, 0.2) is 0 Å². The third-order valence-corrected chi connectivity index (χ3v) is 5.72. The Labute approximate surface area is 132 Å². The van der Waals surface area contributed by atoms with Gasteiger partial charge < -0.3 is 10.6 Å². The van der Waals surface area contributed by atoms with Gasteiger partial charge in [-0.2, -0.15) is 11.8 Å². The summed E-state index contributed by atoms with van der Waals surface area (Å²) in [5.41, 5.74) is 1.12. The summed E-state index contributed by atoms with van der Waals surface area (Å²) in [5.74, 6) is 3.20. The average molecular weight is 308 g/mol. The zero-order chi connectivity index (χ0) is 15.5. The Morgan fingerprint density at radius 1 is 1.19 bits per heavy atom. The monoisotopic (exact) mass is 308 g/mol. The summed E-state index contributed by atoms with van der Waals surface area (Å²) < 4.78 is 0.410. The normalized spacial score (nSPS) is 16.7. The molecule has 21 heavy (non-hydrogen) atoms. The van der Waals surface area contributed by atoms with E-state index in [2.05, 4.69) is 49.6 Å². The van der Waals surface area contributed by atoms with Crippen molar-refractivity contribution in [3.05, 3.63) is 11.4 Å². The first-order valence-electron chi connectivity index (χ1n) is 7.93. The molecule has 1 saturated carbocycles. The van der Waals surface area contributed by atoms with E-state index in [0.29, 0.717) is 10.7 Å². The highest BCUT2D eigenvalue weighted by Gasteiger charge is 2.36. The number of rotatable bonds is 7. The lowest BCUT2D eigenvalue weighted by Gasteiger charge is -2.40. The minimum Gasteiger partial charge on any atom is -0.370 e. The van der Waals surface area contributed by atoms with Crippen molar-refractivity contribution in [1.82, 2.24) is 9.97 Å². The molecule has 1 aromatic rings. The lowest BCUT2D eigenvalue weighted by Crippen LogP contribution is -2.40. The van der Waals surface area contributed by atoms with Gasteiger partial charge in [-0.05, 0) is 32.9 Å². The fourth-order valence-corrected chi connectivity index (χ4v) is 3.49. The molecule has 0 spiro atoms. The molecular formula is C16H28N4S. The Kier molecular flexibility index (Phi) is 5.36. The van der Waals surface area contributed by atoms with E-state index in [1.54, 1.807) is 0 Å². The number of anilines is 2. The molecule has 5 heteroatoms. The third-order valence-electron chi connectivity index (χ3n) is 4.30. The first kappa shape index (κ1) is 16.4. The Hall–Kier alpha value is -0.970. The predicted molar refractivity (Wildman–Crippen MR) is 93.6 cm³/mol. The van der Waals surface area contributed by atoms with Gasteiger partial charge in [0, 0.05) is 29.3 Å². The van der Waals surface area contributed by atoms with Gasteiger partial charge in [0.25, 0.3) is 0 Å². The molecule has 0 aromatic carbocycles. The van der Waals surface area contributed by atoms with Crippen molar-refractivity contribution in [3.63, 3.8) is 0 Å². The molecule has 0 bridgehead atoms. The summed E-state index contributed by atoms with van der Waals surface area (Å²) in [7, 11) is 0. The Balaban J connectivity index is 2.20. The molecule has 1 aliphatic carbocycles. The second kappa shape index (κ2) is 6.86. The summed E-state index contributed by atoms with van der Waals surface area (Å²) in [6.45, 7) is 10.3. The van der Waals surface area contributed by atoms with Gasteiger partial charge in [0.1, 0.15) is 17.5 Å². The lowest BCUT2D eigenvalue weighted by molar-refractivity contribution is 0.379. The largest absolute Gasteiger partial charge is 0.370 e.